The predicted octanol–water partition coefficient (Wildman–Crippen LogP) is 4.15. The van der Waals surface area contributed by atoms with Crippen LogP contribution >= 0.6 is 11.6 Å². The Morgan fingerprint density at radius 2 is 1.71 bits per heavy atom. The van der Waals surface area contributed by atoms with Gasteiger partial charge in [0.15, 0.2) is 6.61 Å². The fourth-order valence-corrected chi connectivity index (χ4v) is 2.24. The van der Waals surface area contributed by atoms with Crippen molar-refractivity contribution in [3.8, 4) is 0 Å². The van der Waals surface area contributed by atoms with Crippen LogP contribution in [-0.4, -0.2) is 18.5 Å². The normalized spacial score (nSPS) is 10.6. The monoisotopic (exact) mass is 343 g/mol. The van der Waals surface area contributed by atoms with Gasteiger partial charge in [0.25, 0.3) is 5.91 Å². The highest BCUT2D eigenvalue weighted by molar-refractivity contribution is 6.30. The molecule has 0 saturated heterocycles. The van der Waals surface area contributed by atoms with Gasteiger partial charge in [0, 0.05) is 16.8 Å². The second-order valence-corrected chi connectivity index (χ2v) is 5.74. The van der Waals surface area contributed by atoms with Gasteiger partial charge in [0.2, 0.25) is 0 Å². The summed E-state index contributed by atoms with van der Waals surface area (Å²) in [7, 11) is 0. The van der Waals surface area contributed by atoms with E-state index in [2.05, 4.69) is 5.32 Å². The first-order valence-corrected chi connectivity index (χ1v) is 7.80. The van der Waals surface area contributed by atoms with Crippen LogP contribution in [0.3, 0.4) is 0 Å². The van der Waals surface area contributed by atoms with Crippen LogP contribution < -0.4 is 5.32 Å². The van der Waals surface area contributed by atoms with E-state index in [1.165, 1.54) is 6.08 Å². The summed E-state index contributed by atoms with van der Waals surface area (Å²) in [6, 6.07) is 12.7. The van der Waals surface area contributed by atoms with Gasteiger partial charge in [0.1, 0.15) is 0 Å². The molecule has 24 heavy (non-hydrogen) atoms. The summed E-state index contributed by atoms with van der Waals surface area (Å²) in [5.74, 6) is -0.956. The molecule has 2 rings (SSSR count). The molecule has 0 unspecified atom stereocenters. The largest absolute Gasteiger partial charge is 0.452 e. The third-order valence-electron chi connectivity index (χ3n) is 3.37. The van der Waals surface area contributed by atoms with Gasteiger partial charge < -0.3 is 10.1 Å². The van der Waals surface area contributed by atoms with E-state index < -0.39 is 5.97 Å². The molecule has 0 radical (unpaired) electrons. The van der Waals surface area contributed by atoms with E-state index in [4.69, 9.17) is 16.3 Å². The highest BCUT2D eigenvalue weighted by Crippen LogP contribution is 2.19. The summed E-state index contributed by atoms with van der Waals surface area (Å²) >= 11 is 5.79. The van der Waals surface area contributed by atoms with Crippen LogP contribution in [-0.2, 0) is 14.3 Å². The highest BCUT2D eigenvalue weighted by atomic mass is 35.5. The third-order valence-corrected chi connectivity index (χ3v) is 3.62. The Morgan fingerprint density at radius 1 is 1.08 bits per heavy atom. The third kappa shape index (κ3) is 5.25. The van der Waals surface area contributed by atoms with Gasteiger partial charge in [-0.2, -0.15) is 0 Å². The molecule has 4 nitrogen and oxygen atoms in total. The van der Waals surface area contributed by atoms with Crippen LogP contribution in [0.25, 0.3) is 6.08 Å². The number of aryl methyl sites for hydroxylation is 2. The van der Waals surface area contributed by atoms with E-state index in [9.17, 15) is 9.59 Å². The number of hydrogen-bond donors (Lipinski definition) is 1. The fraction of sp³-hybridized carbons (Fsp3) is 0.158. The number of anilines is 1. The molecule has 5 heteroatoms. The van der Waals surface area contributed by atoms with Gasteiger partial charge in [-0.15, -0.1) is 0 Å². The van der Waals surface area contributed by atoms with E-state index in [0.717, 1.165) is 22.4 Å². The Bertz CT molecular complexity index is 746. The van der Waals surface area contributed by atoms with Crippen molar-refractivity contribution >= 4 is 35.2 Å². The van der Waals surface area contributed by atoms with E-state index >= 15 is 0 Å². The van der Waals surface area contributed by atoms with E-state index in [-0.39, 0.29) is 12.5 Å². The number of halogens is 1. The van der Waals surface area contributed by atoms with Crippen LogP contribution in [0, 0.1) is 13.8 Å². The summed E-state index contributed by atoms with van der Waals surface area (Å²) in [4.78, 5) is 23.6. The molecule has 0 spiro atoms. The Balaban J connectivity index is 1.85. The van der Waals surface area contributed by atoms with Crippen LogP contribution in [0.5, 0.6) is 0 Å². The Labute approximate surface area is 146 Å². The van der Waals surface area contributed by atoms with Crippen molar-refractivity contribution in [2.45, 2.75) is 13.8 Å². The lowest BCUT2D eigenvalue weighted by Crippen LogP contribution is -2.21. The zero-order valence-electron chi connectivity index (χ0n) is 13.5. The minimum Gasteiger partial charge on any atom is -0.452 e. The number of carbonyl (C=O) groups excluding carboxylic acids is 2. The number of nitrogens with one attached hydrogen (secondary N) is 1. The van der Waals surface area contributed by atoms with Crippen molar-refractivity contribution < 1.29 is 14.3 Å². The minimum absolute atomic E-state index is 0.336. The number of para-hydroxylation sites is 1. The van der Waals surface area contributed by atoms with Gasteiger partial charge in [-0.3, -0.25) is 4.79 Å². The SMILES string of the molecule is Cc1cccc(C)c1NC(=O)COC(=O)C=Cc1ccc(Cl)cc1. The minimum atomic E-state index is -0.582. The first kappa shape index (κ1) is 17.8. The second kappa shape index (κ2) is 8.31. The van der Waals surface area contributed by atoms with Crippen molar-refractivity contribution in [3.63, 3.8) is 0 Å². The molecule has 124 valence electrons. The van der Waals surface area contributed by atoms with Crippen LogP contribution in [0.4, 0.5) is 5.69 Å². The molecule has 2 aromatic carbocycles. The molecule has 0 bridgehead atoms. The zero-order valence-corrected chi connectivity index (χ0v) is 14.3. The molecule has 0 aromatic heterocycles. The number of hydrogen-bond acceptors (Lipinski definition) is 3. The lowest BCUT2D eigenvalue weighted by Gasteiger charge is -2.11. The molecule has 0 fully saturated rings. The lowest BCUT2D eigenvalue weighted by molar-refractivity contribution is -0.142. The molecule has 0 atom stereocenters. The average Bonchev–Trinajstić information content (AvgIpc) is 2.56. The van der Waals surface area contributed by atoms with Gasteiger partial charge in [-0.1, -0.05) is 41.9 Å². The average molecular weight is 344 g/mol. The van der Waals surface area contributed by atoms with Gasteiger partial charge in [0.05, 0.1) is 0 Å². The quantitative estimate of drug-likeness (QED) is 0.655. The molecular formula is C19H18ClNO3. The number of ether oxygens (including phenoxy) is 1. The number of amides is 1. The van der Waals surface area contributed by atoms with Crippen molar-refractivity contribution in [1.82, 2.24) is 0 Å². The Kier molecular flexibility index (Phi) is 6.15. The molecular weight excluding hydrogens is 326 g/mol. The summed E-state index contributed by atoms with van der Waals surface area (Å²) < 4.78 is 4.94. The van der Waals surface area contributed by atoms with Crippen LogP contribution in [0.1, 0.15) is 16.7 Å². The summed E-state index contributed by atoms with van der Waals surface area (Å²) in [5.41, 5.74) is 3.47. The number of carbonyl (C=O) groups is 2. The molecule has 0 aliphatic carbocycles. The first-order valence-electron chi connectivity index (χ1n) is 7.42. The maximum atomic E-state index is 11.9. The summed E-state index contributed by atoms with van der Waals surface area (Å²) in [5, 5.41) is 3.38. The van der Waals surface area contributed by atoms with Crippen LogP contribution in [0.2, 0.25) is 5.02 Å². The number of rotatable bonds is 5. The van der Waals surface area contributed by atoms with E-state index in [0.29, 0.717) is 5.02 Å². The Morgan fingerprint density at radius 3 is 2.33 bits per heavy atom. The summed E-state index contributed by atoms with van der Waals surface area (Å²) in [6.07, 6.45) is 2.87. The molecule has 1 N–H and O–H groups in total. The standard InChI is InChI=1S/C19H18ClNO3/c1-13-4-3-5-14(2)19(13)21-17(22)12-24-18(23)11-8-15-6-9-16(20)10-7-15/h3-11H,12H2,1-2H3,(H,21,22). The van der Waals surface area contributed by atoms with Crippen molar-refractivity contribution in [3.05, 3.63) is 70.3 Å². The summed E-state index contributed by atoms with van der Waals surface area (Å²) in [6.45, 7) is 3.48. The number of benzene rings is 2. The first-order chi connectivity index (χ1) is 11.5. The van der Waals surface area contributed by atoms with Gasteiger partial charge in [-0.25, -0.2) is 4.79 Å². The molecule has 1 amide bonds. The van der Waals surface area contributed by atoms with Crippen molar-refractivity contribution in [1.29, 1.82) is 0 Å². The topological polar surface area (TPSA) is 55.4 Å². The molecule has 0 aliphatic rings. The zero-order chi connectivity index (χ0) is 17.5. The predicted molar refractivity (Wildman–Crippen MR) is 96.0 cm³/mol. The maximum absolute atomic E-state index is 11.9. The smallest absolute Gasteiger partial charge is 0.331 e. The van der Waals surface area contributed by atoms with Gasteiger partial charge >= 0.3 is 5.97 Å². The maximum Gasteiger partial charge on any atom is 0.331 e. The van der Waals surface area contributed by atoms with E-state index in [1.807, 2.05) is 32.0 Å². The fourth-order valence-electron chi connectivity index (χ4n) is 2.11. The number of esters is 1. The van der Waals surface area contributed by atoms with Crippen molar-refractivity contribution in [2.75, 3.05) is 11.9 Å². The van der Waals surface area contributed by atoms with E-state index in [1.54, 1.807) is 30.3 Å². The molecule has 0 aliphatic heterocycles. The molecule has 2 aromatic rings. The van der Waals surface area contributed by atoms with Gasteiger partial charge in [-0.05, 0) is 48.7 Å². The lowest BCUT2D eigenvalue weighted by atomic mass is 10.1. The second-order valence-electron chi connectivity index (χ2n) is 5.31. The highest BCUT2D eigenvalue weighted by Gasteiger charge is 2.09. The molecule has 0 saturated carbocycles. The van der Waals surface area contributed by atoms with Crippen molar-refractivity contribution in [2.24, 2.45) is 0 Å². The van der Waals surface area contributed by atoms with Crippen LogP contribution in [0.15, 0.2) is 48.5 Å². The molecule has 0 heterocycles. The Hall–Kier alpha value is -2.59.